The second-order valence-electron chi connectivity index (χ2n) is 4.29. The predicted octanol–water partition coefficient (Wildman–Crippen LogP) is 2.29. The van der Waals surface area contributed by atoms with E-state index in [1.54, 1.807) is 12.0 Å². The van der Waals surface area contributed by atoms with Crippen molar-refractivity contribution in [3.63, 3.8) is 0 Å². The van der Waals surface area contributed by atoms with Crippen LogP contribution in [0.1, 0.15) is 19.8 Å². The quantitative estimate of drug-likeness (QED) is 0.794. The summed E-state index contributed by atoms with van der Waals surface area (Å²) >= 11 is 0. The number of hydrogen-bond donors (Lipinski definition) is 2. The average Bonchev–Trinajstić information content (AvgIpc) is 2.44. The van der Waals surface area contributed by atoms with Crippen molar-refractivity contribution in [1.82, 2.24) is 4.90 Å². The molecule has 0 radical (unpaired) electrons. The molecular weight excluding hydrogens is 242 g/mol. The molecule has 0 aliphatic heterocycles. The summed E-state index contributed by atoms with van der Waals surface area (Å²) in [4.78, 5) is 13.8. The maximum atomic E-state index is 12.1. The minimum atomic E-state index is -0.107. The number of benzene rings is 1. The van der Waals surface area contributed by atoms with Gasteiger partial charge in [-0.25, -0.2) is 4.79 Å². The number of hydrogen-bond acceptors (Lipinski definition) is 3. The van der Waals surface area contributed by atoms with Crippen LogP contribution in [-0.2, 0) is 0 Å². The SMILES string of the molecule is CCCCN(CCN)C(=O)Nc1ccc(OC)cc1. The third-order valence-electron chi connectivity index (χ3n) is 2.81. The lowest BCUT2D eigenvalue weighted by Crippen LogP contribution is -2.39. The second kappa shape index (κ2) is 8.37. The minimum absolute atomic E-state index is 0.107. The van der Waals surface area contributed by atoms with Gasteiger partial charge >= 0.3 is 6.03 Å². The van der Waals surface area contributed by atoms with Crippen molar-refractivity contribution in [3.8, 4) is 5.75 Å². The fourth-order valence-corrected chi connectivity index (χ4v) is 1.70. The molecule has 1 aromatic carbocycles. The molecule has 2 amide bonds. The Kier molecular flexibility index (Phi) is 6.74. The Morgan fingerprint density at radius 1 is 1.32 bits per heavy atom. The fourth-order valence-electron chi connectivity index (χ4n) is 1.70. The van der Waals surface area contributed by atoms with Crippen molar-refractivity contribution in [1.29, 1.82) is 0 Å². The second-order valence-corrected chi connectivity index (χ2v) is 4.29. The molecule has 0 aliphatic carbocycles. The van der Waals surface area contributed by atoms with E-state index in [-0.39, 0.29) is 6.03 Å². The van der Waals surface area contributed by atoms with Gasteiger partial charge in [0.2, 0.25) is 0 Å². The van der Waals surface area contributed by atoms with Crippen LogP contribution in [-0.4, -0.2) is 37.7 Å². The number of carbonyl (C=O) groups excluding carboxylic acids is 1. The van der Waals surface area contributed by atoms with Crippen molar-refractivity contribution in [2.45, 2.75) is 19.8 Å². The minimum Gasteiger partial charge on any atom is -0.497 e. The van der Waals surface area contributed by atoms with E-state index in [0.29, 0.717) is 13.1 Å². The Bertz CT molecular complexity index is 379. The van der Waals surface area contributed by atoms with Gasteiger partial charge in [-0.2, -0.15) is 0 Å². The first-order valence-electron chi connectivity index (χ1n) is 6.61. The number of nitrogens with two attached hydrogens (primary N) is 1. The maximum absolute atomic E-state index is 12.1. The monoisotopic (exact) mass is 265 g/mol. The van der Waals surface area contributed by atoms with Crippen molar-refractivity contribution >= 4 is 11.7 Å². The first kappa shape index (κ1) is 15.3. The number of amides is 2. The van der Waals surface area contributed by atoms with Crippen LogP contribution in [0.4, 0.5) is 10.5 Å². The lowest BCUT2D eigenvalue weighted by atomic mass is 10.3. The molecule has 0 aliphatic rings. The summed E-state index contributed by atoms with van der Waals surface area (Å²) in [6.45, 7) is 3.87. The Morgan fingerprint density at radius 2 is 2.00 bits per heavy atom. The van der Waals surface area contributed by atoms with Crippen LogP contribution in [0.15, 0.2) is 24.3 Å². The third-order valence-corrected chi connectivity index (χ3v) is 2.81. The summed E-state index contributed by atoms with van der Waals surface area (Å²) in [5, 5.41) is 2.86. The molecule has 1 aromatic rings. The number of carbonyl (C=O) groups is 1. The van der Waals surface area contributed by atoms with Gasteiger partial charge in [0.15, 0.2) is 0 Å². The van der Waals surface area contributed by atoms with E-state index in [4.69, 9.17) is 10.5 Å². The smallest absolute Gasteiger partial charge is 0.321 e. The van der Waals surface area contributed by atoms with E-state index < -0.39 is 0 Å². The van der Waals surface area contributed by atoms with E-state index in [0.717, 1.165) is 30.8 Å². The number of nitrogens with zero attached hydrogens (tertiary/aromatic N) is 1. The summed E-state index contributed by atoms with van der Waals surface area (Å²) in [5.74, 6) is 0.766. The molecule has 0 saturated heterocycles. The summed E-state index contributed by atoms with van der Waals surface area (Å²) < 4.78 is 5.07. The highest BCUT2D eigenvalue weighted by Crippen LogP contribution is 2.15. The van der Waals surface area contributed by atoms with Crippen LogP contribution in [0.25, 0.3) is 0 Å². The maximum Gasteiger partial charge on any atom is 0.321 e. The average molecular weight is 265 g/mol. The molecule has 0 bridgehead atoms. The highest BCUT2D eigenvalue weighted by Gasteiger charge is 2.11. The Labute approximate surface area is 114 Å². The predicted molar refractivity (Wildman–Crippen MR) is 77.5 cm³/mol. The summed E-state index contributed by atoms with van der Waals surface area (Å²) in [5.41, 5.74) is 6.29. The van der Waals surface area contributed by atoms with Gasteiger partial charge in [-0.15, -0.1) is 0 Å². The van der Waals surface area contributed by atoms with Gasteiger partial charge in [-0.05, 0) is 30.7 Å². The number of urea groups is 1. The van der Waals surface area contributed by atoms with Gasteiger partial charge in [0.25, 0.3) is 0 Å². The lowest BCUT2D eigenvalue weighted by Gasteiger charge is -2.22. The van der Waals surface area contributed by atoms with Crippen LogP contribution in [0.5, 0.6) is 5.75 Å². The molecule has 1 rings (SSSR count). The molecule has 0 atom stereocenters. The fraction of sp³-hybridized carbons (Fsp3) is 0.500. The Hall–Kier alpha value is -1.75. The van der Waals surface area contributed by atoms with Crippen molar-refractivity contribution < 1.29 is 9.53 Å². The molecule has 0 spiro atoms. The van der Waals surface area contributed by atoms with Gasteiger partial charge < -0.3 is 20.7 Å². The van der Waals surface area contributed by atoms with E-state index in [1.165, 1.54) is 0 Å². The Morgan fingerprint density at radius 3 is 2.53 bits per heavy atom. The molecule has 3 N–H and O–H groups in total. The molecule has 5 nitrogen and oxygen atoms in total. The van der Waals surface area contributed by atoms with E-state index in [9.17, 15) is 4.79 Å². The van der Waals surface area contributed by atoms with Crippen molar-refractivity contribution in [2.24, 2.45) is 5.73 Å². The number of methoxy groups -OCH3 is 1. The number of unbranched alkanes of at least 4 members (excludes halogenated alkanes) is 1. The van der Waals surface area contributed by atoms with Crippen LogP contribution in [0, 0.1) is 0 Å². The van der Waals surface area contributed by atoms with Gasteiger partial charge in [0.1, 0.15) is 5.75 Å². The van der Waals surface area contributed by atoms with Gasteiger partial charge in [-0.1, -0.05) is 13.3 Å². The highest BCUT2D eigenvalue weighted by molar-refractivity contribution is 5.89. The number of nitrogens with one attached hydrogen (secondary N) is 1. The molecule has 0 fully saturated rings. The van der Waals surface area contributed by atoms with Gasteiger partial charge in [0, 0.05) is 25.3 Å². The largest absolute Gasteiger partial charge is 0.497 e. The molecule has 0 unspecified atom stereocenters. The lowest BCUT2D eigenvalue weighted by molar-refractivity contribution is 0.212. The molecule has 0 aromatic heterocycles. The molecule has 19 heavy (non-hydrogen) atoms. The number of ether oxygens (including phenoxy) is 1. The normalized spacial score (nSPS) is 10.1. The first-order valence-corrected chi connectivity index (χ1v) is 6.61. The number of anilines is 1. The molecule has 0 saturated carbocycles. The standard InChI is InChI=1S/C14H23N3O2/c1-3-4-10-17(11-9-15)14(18)16-12-5-7-13(19-2)8-6-12/h5-8H,3-4,9-11,15H2,1-2H3,(H,16,18). The van der Waals surface area contributed by atoms with Crippen molar-refractivity contribution in [3.05, 3.63) is 24.3 Å². The Balaban J connectivity index is 2.58. The van der Waals surface area contributed by atoms with Crippen LogP contribution < -0.4 is 15.8 Å². The van der Waals surface area contributed by atoms with Crippen LogP contribution in [0.3, 0.4) is 0 Å². The zero-order valence-corrected chi connectivity index (χ0v) is 11.7. The topological polar surface area (TPSA) is 67.6 Å². The van der Waals surface area contributed by atoms with E-state index in [1.807, 2.05) is 24.3 Å². The summed E-state index contributed by atoms with van der Waals surface area (Å²) in [6.07, 6.45) is 2.03. The summed E-state index contributed by atoms with van der Waals surface area (Å²) in [6, 6.07) is 7.15. The zero-order valence-electron chi connectivity index (χ0n) is 11.7. The molecular formula is C14H23N3O2. The van der Waals surface area contributed by atoms with Crippen LogP contribution in [0.2, 0.25) is 0 Å². The number of rotatable bonds is 7. The van der Waals surface area contributed by atoms with Crippen LogP contribution >= 0.6 is 0 Å². The molecule has 106 valence electrons. The summed E-state index contributed by atoms with van der Waals surface area (Å²) in [7, 11) is 1.61. The first-order chi connectivity index (χ1) is 9.21. The van der Waals surface area contributed by atoms with E-state index >= 15 is 0 Å². The highest BCUT2D eigenvalue weighted by atomic mass is 16.5. The molecule has 0 heterocycles. The zero-order chi connectivity index (χ0) is 14.1. The molecule has 5 heteroatoms. The van der Waals surface area contributed by atoms with E-state index in [2.05, 4.69) is 12.2 Å². The van der Waals surface area contributed by atoms with Gasteiger partial charge in [-0.3, -0.25) is 0 Å². The van der Waals surface area contributed by atoms with Gasteiger partial charge in [0.05, 0.1) is 7.11 Å². The van der Waals surface area contributed by atoms with Crippen molar-refractivity contribution in [2.75, 3.05) is 32.1 Å². The third kappa shape index (κ3) is 5.18.